The number of amides is 1. The van der Waals surface area contributed by atoms with Crippen molar-refractivity contribution in [2.75, 3.05) is 19.8 Å². The lowest BCUT2D eigenvalue weighted by Crippen LogP contribution is -2.33. The molecular formula is C32H33NO5. The molecule has 1 amide bonds. The lowest BCUT2D eigenvalue weighted by atomic mass is 9.95. The van der Waals surface area contributed by atoms with Crippen molar-refractivity contribution in [1.82, 2.24) is 4.90 Å². The van der Waals surface area contributed by atoms with Crippen molar-refractivity contribution in [3.63, 3.8) is 0 Å². The summed E-state index contributed by atoms with van der Waals surface area (Å²) in [4.78, 5) is 28.3. The number of carbonyl (C=O) groups is 2. The van der Waals surface area contributed by atoms with Crippen LogP contribution in [0.15, 0.2) is 96.3 Å². The number of ether oxygens (including phenoxy) is 2. The van der Waals surface area contributed by atoms with Gasteiger partial charge in [0.25, 0.3) is 5.91 Å². The van der Waals surface area contributed by atoms with E-state index in [0.717, 1.165) is 17.5 Å². The fraction of sp³-hybridized carbons (Fsp3) is 0.250. The molecule has 0 saturated carbocycles. The highest BCUT2D eigenvalue weighted by Gasteiger charge is 2.43. The van der Waals surface area contributed by atoms with Crippen molar-refractivity contribution >= 4 is 17.8 Å². The van der Waals surface area contributed by atoms with Gasteiger partial charge in [-0.15, -0.1) is 0 Å². The molecule has 1 aliphatic heterocycles. The Morgan fingerprint density at radius 2 is 1.66 bits per heavy atom. The molecule has 6 heteroatoms. The van der Waals surface area contributed by atoms with E-state index in [-0.39, 0.29) is 5.57 Å². The van der Waals surface area contributed by atoms with Crippen molar-refractivity contribution in [2.45, 2.75) is 32.7 Å². The summed E-state index contributed by atoms with van der Waals surface area (Å²) in [5, 5.41) is 10.9. The topological polar surface area (TPSA) is 76.1 Å². The summed E-state index contributed by atoms with van der Waals surface area (Å²) in [6, 6.07) is 23.9. The molecule has 3 aromatic rings. The van der Waals surface area contributed by atoms with E-state index in [0.29, 0.717) is 43.2 Å². The highest BCUT2D eigenvalue weighted by atomic mass is 16.5. The number of hydrogen-bond acceptors (Lipinski definition) is 5. The van der Waals surface area contributed by atoms with E-state index < -0.39 is 23.5 Å². The average Bonchev–Trinajstić information content (AvgIpc) is 3.20. The molecule has 1 aliphatic rings. The molecule has 0 fully saturated rings. The Balaban J connectivity index is 1.72. The molecule has 0 saturated heterocycles. The van der Waals surface area contributed by atoms with Crippen LogP contribution < -0.4 is 9.47 Å². The average molecular weight is 512 g/mol. The minimum atomic E-state index is -0.765. The lowest BCUT2D eigenvalue weighted by Gasteiger charge is -2.27. The molecule has 3 aromatic carbocycles. The number of carbonyl (C=O) groups excluding carboxylic acids is 2. The second-order valence-electron chi connectivity index (χ2n) is 8.99. The third-order valence-corrected chi connectivity index (χ3v) is 6.33. The van der Waals surface area contributed by atoms with E-state index in [1.807, 2.05) is 80.6 Å². The first kappa shape index (κ1) is 26.7. The van der Waals surface area contributed by atoms with Crippen LogP contribution >= 0.6 is 0 Å². The molecule has 196 valence electrons. The zero-order valence-electron chi connectivity index (χ0n) is 21.8. The van der Waals surface area contributed by atoms with E-state index in [1.54, 1.807) is 23.1 Å². The second-order valence-corrected chi connectivity index (χ2v) is 8.99. The van der Waals surface area contributed by atoms with Crippen molar-refractivity contribution in [3.8, 4) is 11.5 Å². The van der Waals surface area contributed by atoms with Gasteiger partial charge in [0.05, 0.1) is 24.8 Å². The molecule has 1 N–H and O–H groups in total. The van der Waals surface area contributed by atoms with Crippen LogP contribution in [0.25, 0.3) is 6.08 Å². The summed E-state index contributed by atoms with van der Waals surface area (Å²) in [7, 11) is 0. The fourth-order valence-corrected chi connectivity index (χ4v) is 4.50. The number of hydrogen-bond donors (Lipinski definition) is 1. The zero-order chi connectivity index (χ0) is 26.9. The van der Waals surface area contributed by atoms with Gasteiger partial charge in [-0.1, -0.05) is 79.7 Å². The van der Waals surface area contributed by atoms with Gasteiger partial charge in [0.1, 0.15) is 0 Å². The first-order valence-corrected chi connectivity index (χ1v) is 13.0. The van der Waals surface area contributed by atoms with Crippen LogP contribution in [0, 0.1) is 0 Å². The first-order chi connectivity index (χ1) is 18.5. The molecule has 38 heavy (non-hydrogen) atoms. The van der Waals surface area contributed by atoms with Gasteiger partial charge in [-0.3, -0.25) is 9.59 Å². The van der Waals surface area contributed by atoms with Gasteiger partial charge in [-0.2, -0.15) is 0 Å². The molecule has 1 unspecified atom stereocenters. The van der Waals surface area contributed by atoms with E-state index in [4.69, 9.17) is 9.47 Å². The summed E-state index contributed by atoms with van der Waals surface area (Å²) in [6.45, 7) is 5.21. The number of aliphatic hydroxyl groups is 1. The summed E-state index contributed by atoms with van der Waals surface area (Å²) in [5.41, 5.74) is 2.62. The maximum Gasteiger partial charge on any atom is 0.290 e. The summed E-state index contributed by atoms with van der Waals surface area (Å²) in [5.74, 6) is -0.368. The maximum absolute atomic E-state index is 13.5. The van der Waals surface area contributed by atoms with Gasteiger partial charge in [-0.05, 0) is 54.7 Å². The van der Waals surface area contributed by atoms with E-state index in [9.17, 15) is 14.7 Å². The molecule has 1 heterocycles. The first-order valence-electron chi connectivity index (χ1n) is 13.0. The third kappa shape index (κ3) is 6.14. The number of benzene rings is 3. The highest BCUT2D eigenvalue weighted by molar-refractivity contribution is 6.14. The van der Waals surface area contributed by atoms with E-state index in [2.05, 4.69) is 0 Å². The van der Waals surface area contributed by atoms with Gasteiger partial charge in [-0.25, -0.2) is 0 Å². The van der Waals surface area contributed by atoms with E-state index in [1.165, 1.54) is 6.08 Å². The van der Waals surface area contributed by atoms with Crippen LogP contribution in [0.3, 0.4) is 0 Å². The van der Waals surface area contributed by atoms with Gasteiger partial charge >= 0.3 is 0 Å². The van der Waals surface area contributed by atoms with E-state index >= 15 is 0 Å². The molecular weight excluding hydrogens is 478 g/mol. The second kappa shape index (κ2) is 12.8. The molecule has 4 rings (SSSR count). The zero-order valence-corrected chi connectivity index (χ0v) is 21.8. The Morgan fingerprint density at radius 1 is 0.947 bits per heavy atom. The van der Waals surface area contributed by atoms with Gasteiger partial charge in [0, 0.05) is 6.54 Å². The SMILES string of the molecule is CCCOc1ccc(C2C(C(=O)/C=C/c3ccccc3)=C(O)C(=O)N2CCc2ccccc2)cc1OCC. The van der Waals surface area contributed by atoms with Crippen LogP contribution in [-0.4, -0.2) is 41.5 Å². The molecule has 0 bridgehead atoms. The third-order valence-electron chi connectivity index (χ3n) is 6.33. The maximum atomic E-state index is 13.5. The number of aliphatic hydroxyl groups excluding tert-OH is 1. The van der Waals surface area contributed by atoms with Gasteiger partial charge < -0.3 is 19.5 Å². The smallest absolute Gasteiger partial charge is 0.290 e. The van der Waals surface area contributed by atoms with Crippen molar-refractivity contribution in [2.24, 2.45) is 0 Å². The molecule has 0 aliphatic carbocycles. The molecule has 0 aromatic heterocycles. The Kier molecular flexibility index (Phi) is 8.98. The van der Waals surface area contributed by atoms with Crippen LogP contribution in [0.4, 0.5) is 0 Å². The summed E-state index contributed by atoms with van der Waals surface area (Å²) in [6.07, 6.45) is 4.52. The number of allylic oxidation sites excluding steroid dienone is 1. The number of ketones is 1. The minimum absolute atomic E-state index is 0.0555. The van der Waals surface area contributed by atoms with Crippen LogP contribution in [0.5, 0.6) is 11.5 Å². The summed E-state index contributed by atoms with van der Waals surface area (Å²) >= 11 is 0. The molecule has 1 atom stereocenters. The quantitative estimate of drug-likeness (QED) is 0.298. The number of nitrogens with zero attached hydrogens (tertiary/aromatic N) is 1. The van der Waals surface area contributed by atoms with Crippen molar-refractivity contribution < 1.29 is 24.2 Å². The summed E-state index contributed by atoms with van der Waals surface area (Å²) < 4.78 is 11.7. The van der Waals surface area contributed by atoms with Crippen molar-refractivity contribution in [3.05, 3.63) is 113 Å². The van der Waals surface area contributed by atoms with Gasteiger partial charge in [0.15, 0.2) is 23.0 Å². The highest BCUT2D eigenvalue weighted by Crippen LogP contribution is 2.41. The van der Waals surface area contributed by atoms with Crippen LogP contribution in [0.1, 0.15) is 43.0 Å². The number of rotatable bonds is 12. The van der Waals surface area contributed by atoms with Crippen molar-refractivity contribution in [1.29, 1.82) is 0 Å². The predicted octanol–water partition coefficient (Wildman–Crippen LogP) is 6.09. The molecule has 0 radical (unpaired) electrons. The lowest BCUT2D eigenvalue weighted by molar-refractivity contribution is -0.129. The fourth-order valence-electron chi connectivity index (χ4n) is 4.50. The normalized spacial score (nSPS) is 15.4. The monoisotopic (exact) mass is 511 g/mol. The Morgan fingerprint density at radius 3 is 2.34 bits per heavy atom. The molecule has 0 spiro atoms. The Bertz CT molecular complexity index is 1310. The van der Waals surface area contributed by atoms with Crippen LogP contribution in [-0.2, 0) is 16.0 Å². The molecule has 6 nitrogen and oxygen atoms in total. The minimum Gasteiger partial charge on any atom is -0.503 e. The predicted molar refractivity (Wildman–Crippen MR) is 148 cm³/mol. The van der Waals surface area contributed by atoms with Crippen LogP contribution in [0.2, 0.25) is 0 Å². The Hall–Kier alpha value is -4.32. The van der Waals surface area contributed by atoms with Gasteiger partial charge in [0.2, 0.25) is 0 Å². The largest absolute Gasteiger partial charge is 0.503 e. The Labute approximate surface area is 223 Å². The standard InChI is InChI=1S/C32H33NO5/c1-3-21-38-27-18-16-25(22-28(27)37-4-2)30-29(26(34)17-15-23-11-7-5-8-12-23)31(35)32(36)33(30)20-19-24-13-9-6-10-14-24/h5-18,22,30,35H,3-4,19-21H2,1-2H3/b17-15+.